The molecule has 3 heterocycles. The zero-order valence-corrected chi connectivity index (χ0v) is 21.6. The Morgan fingerprint density at radius 2 is 1.00 bits per heavy atom. The summed E-state index contributed by atoms with van der Waals surface area (Å²) in [4.78, 5) is 10.1. The van der Waals surface area contributed by atoms with Crippen LogP contribution in [0.1, 0.15) is 78.1 Å². The molecule has 1 aliphatic carbocycles. The monoisotopic (exact) mass is 437 g/mol. The van der Waals surface area contributed by atoms with Gasteiger partial charge in [-0.1, -0.05) is 39.5 Å². The van der Waals surface area contributed by atoms with E-state index in [1.165, 1.54) is 130 Å². The van der Waals surface area contributed by atoms with Crippen molar-refractivity contribution in [3.05, 3.63) is 0 Å². The molecule has 0 radical (unpaired) electrons. The number of piperidine rings is 2. The summed E-state index contributed by atoms with van der Waals surface area (Å²) in [6.45, 7) is 17.1. The van der Waals surface area contributed by atoms with Gasteiger partial charge in [0.2, 0.25) is 0 Å². The average molecular weight is 438 g/mol. The number of nitrogens with zero attached hydrogens (tertiary/aromatic N) is 4. The second-order valence-corrected chi connectivity index (χ2v) is 10.5. The quantitative estimate of drug-likeness (QED) is 0.706. The van der Waals surface area contributed by atoms with Crippen LogP contribution in [0.2, 0.25) is 0 Å². The first kappa shape index (κ1) is 27.0. The second kappa shape index (κ2) is 16.4. The van der Waals surface area contributed by atoms with Crippen LogP contribution >= 0.6 is 0 Å². The van der Waals surface area contributed by atoms with Gasteiger partial charge in [0.25, 0.3) is 0 Å². The highest BCUT2D eigenvalue weighted by atomic mass is 15.3. The maximum atomic E-state index is 3.81. The van der Waals surface area contributed by atoms with Crippen LogP contribution in [0.3, 0.4) is 0 Å². The summed E-state index contributed by atoms with van der Waals surface area (Å²) in [5, 5.41) is 3.81. The van der Waals surface area contributed by atoms with Crippen molar-refractivity contribution in [3.8, 4) is 0 Å². The Labute approximate surface area is 194 Å². The standard InChI is InChI=1S/C12H25N3.C11H22N2.C3H8/c1-13-7-9-15(10-8-13)12-11-14-5-3-2-4-6-14;1-13-8-6-11(7-9-13)12-10-4-2-3-5-10;1-3-2/h2-12H2,1H3;10-12H,2-9H2,1H3;3H2,1-2H3. The van der Waals surface area contributed by atoms with Crippen molar-refractivity contribution in [2.24, 2.45) is 0 Å². The Hall–Kier alpha value is -0.200. The number of likely N-dealkylation sites (tertiary alicyclic amines) is 2. The van der Waals surface area contributed by atoms with Gasteiger partial charge >= 0.3 is 0 Å². The van der Waals surface area contributed by atoms with E-state index in [4.69, 9.17) is 0 Å². The molecule has 1 N–H and O–H groups in total. The lowest BCUT2D eigenvalue weighted by Gasteiger charge is -2.34. The minimum atomic E-state index is 0.819. The Balaban J connectivity index is 0.000000197. The number of hydrogen-bond donors (Lipinski definition) is 1. The maximum absolute atomic E-state index is 3.81. The molecular weight excluding hydrogens is 382 g/mol. The summed E-state index contributed by atoms with van der Waals surface area (Å²) in [5.74, 6) is 0. The first-order valence-corrected chi connectivity index (χ1v) is 13.7. The molecule has 1 saturated carbocycles. The molecule has 0 bridgehead atoms. The molecule has 5 nitrogen and oxygen atoms in total. The van der Waals surface area contributed by atoms with Gasteiger partial charge in [0, 0.05) is 51.4 Å². The van der Waals surface area contributed by atoms with Crippen LogP contribution < -0.4 is 5.32 Å². The molecule has 0 aromatic rings. The summed E-state index contributed by atoms with van der Waals surface area (Å²) in [6, 6.07) is 1.67. The van der Waals surface area contributed by atoms with Crippen LogP contribution in [0, 0.1) is 0 Å². The van der Waals surface area contributed by atoms with Gasteiger partial charge in [-0.25, -0.2) is 0 Å². The van der Waals surface area contributed by atoms with Gasteiger partial charge in [-0.2, -0.15) is 0 Å². The van der Waals surface area contributed by atoms with E-state index in [0.717, 1.165) is 12.1 Å². The fourth-order valence-electron chi connectivity index (χ4n) is 5.14. The van der Waals surface area contributed by atoms with E-state index < -0.39 is 0 Å². The normalized spacial score (nSPS) is 25.5. The molecule has 4 rings (SSSR count). The topological polar surface area (TPSA) is 25.0 Å². The molecule has 0 aromatic heterocycles. The highest BCUT2D eigenvalue weighted by Crippen LogP contribution is 2.20. The molecule has 31 heavy (non-hydrogen) atoms. The van der Waals surface area contributed by atoms with Crippen molar-refractivity contribution in [2.45, 2.75) is 90.1 Å². The first-order chi connectivity index (χ1) is 15.1. The van der Waals surface area contributed by atoms with E-state index in [-0.39, 0.29) is 0 Å². The number of hydrogen-bond acceptors (Lipinski definition) is 5. The highest BCUT2D eigenvalue weighted by molar-refractivity contribution is 4.82. The molecule has 0 amide bonds. The van der Waals surface area contributed by atoms with Crippen LogP contribution in [-0.4, -0.2) is 111 Å². The van der Waals surface area contributed by atoms with Crippen LogP contribution in [-0.2, 0) is 0 Å². The van der Waals surface area contributed by atoms with Crippen molar-refractivity contribution >= 4 is 0 Å². The highest BCUT2D eigenvalue weighted by Gasteiger charge is 2.21. The molecular formula is C26H55N5. The molecule has 3 saturated heterocycles. The first-order valence-electron chi connectivity index (χ1n) is 13.7. The van der Waals surface area contributed by atoms with Gasteiger partial charge in [0.15, 0.2) is 0 Å². The van der Waals surface area contributed by atoms with Crippen LogP contribution in [0.25, 0.3) is 0 Å². The molecule has 0 atom stereocenters. The Morgan fingerprint density at radius 1 is 0.548 bits per heavy atom. The summed E-state index contributed by atoms with van der Waals surface area (Å²) in [7, 11) is 4.45. The molecule has 5 heteroatoms. The Bertz CT molecular complexity index is 404. The molecule has 4 aliphatic rings. The lowest BCUT2D eigenvalue weighted by molar-refractivity contribution is 0.128. The van der Waals surface area contributed by atoms with Gasteiger partial charge in [-0.05, 0) is 78.8 Å². The fraction of sp³-hybridized carbons (Fsp3) is 1.00. The minimum absolute atomic E-state index is 0.819. The van der Waals surface area contributed by atoms with E-state index in [1.807, 2.05) is 0 Å². The molecule has 0 aromatic carbocycles. The lowest BCUT2D eigenvalue weighted by Crippen LogP contribution is -2.47. The third kappa shape index (κ3) is 12.0. The SMILES string of the molecule is CCC.CN1CCC(NC2CCCC2)CC1.CN1CCN(CCN2CCCCC2)CC1. The number of likely N-dealkylation sites (N-methyl/N-ethyl adjacent to an activating group) is 1. The van der Waals surface area contributed by atoms with E-state index >= 15 is 0 Å². The van der Waals surface area contributed by atoms with Gasteiger partial charge in [-0.15, -0.1) is 0 Å². The Kier molecular flexibility index (Phi) is 14.3. The smallest absolute Gasteiger partial charge is 0.0110 e. The van der Waals surface area contributed by atoms with Gasteiger partial charge in [-0.3, -0.25) is 4.90 Å². The summed E-state index contributed by atoms with van der Waals surface area (Å²) in [5.41, 5.74) is 0. The van der Waals surface area contributed by atoms with Crippen LogP contribution in [0.5, 0.6) is 0 Å². The summed E-state index contributed by atoms with van der Waals surface area (Å²) in [6.07, 6.45) is 14.0. The van der Waals surface area contributed by atoms with Gasteiger partial charge in [0.05, 0.1) is 0 Å². The number of nitrogens with one attached hydrogen (secondary N) is 1. The van der Waals surface area contributed by atoms with Gasteiger partial charge in [0.1, 0.15) is 0 Å². The Morgan fingerprint density at radius 3 is 1.55 bits per heavy atom. The molecule has 0 unspecified atom stereocenters. The summed E-state index contributed by atoms with van der Waals surface area (Å²) >= 11 is 0. The van der Waals surface area contributed by atoms with Crippen LogP contribution in [0.4, 0.5) is 0 Å². The van der Waals surface area contributed by atoms with Crippen molar-refractivity contribution in [3.63, 3.8) is 0 Å². The largest absolute Gasteiger partial charge is 0.311 e. The molecule has 184 valence electrons. The van der Waals surface area contributed by atoms with E-state index in [9.17, 15) is 0 Å². The fourth-order valence-corrected chi connectivity index (χ4v) is 5.14. The predicted molar refractivity (Wildman–Crippen MR) is 136 cm³/mol. The van der Waals surface area contributed by atoms with Crippen molar-refractivity contribution in [1.82, 2.24) is 24.9 Å². The molecule has 3 aliphatic heterocycles. The number of rotatable bonds is 5. The molecule has 4 fully saturated rings. The van der Waals surface area contributed by atoms with Crippen molar-refractivity contribution in [1.29, 1.82) is 0 Å². The van der Waals surface area contributed by atoms with Crippen molar-refractivity contribution in [2.75, 3.05) is 79.5 Å². The third-order valence-electron chi connectivity index (χ3n) is 7.32. The lowest BCUT2D eigenvalue weighted by atomic mass is 10.0. The zero-order chi connectivity index (χ0) is 22.3. The molecule has 0 spiro atoms. The van der Waals surface area contributed by atoms with Crippen LogP contribution in [0.15, 0.2) is 0 Å². The zero-order valence-electron chi connectivity index (χ0n) is 21.6. The predicted octanol–water partition coefficient (Wildman–Crippen LogP) is 3.75. The van der Waals surface area contributed by atoms with Crippen molar-refractivity contribution < 1.29 is 0 Å². The van der Waals surface area contributed by atoms with E-state index in [0.29, 0.717) is 0 Å². The minimum Gasteiger partial charge on any atom is -0.311 e. The second-order valence-electron chi connectivity index (χ2n) is 10.5. The number of piperazine rings is 1. The van der Waals surface area contributed by atoms with E-state index in [2.05, 4.69) is 52.9 Å². The average Bonchev–Trinajstić information content (AvgIpc) is 3.30. The van der Waals surface area contributed by atoms with Gasteiger partial charge < -0.3 is 20.0 Å². The summed E-state index contributed by atoms with van der Waals surface area (Å²) < 4.78 is 0. The third-order valence-corrected chi connectivity index (χ3v) is 7.32. The maximum Gasteiger partial charge on any atom is 0.0110 e. The van der Waals surface area contributed by atoms with E-state index in [1.54, 1.807) is 0 Å².